The summed E-state index contributed by atoms with van der Waals surface area (Å²) in [5, 5.41) is 0.173. The van der Waals surface area contributed by atoms with Gasteiger partial charge in [0.05, 0.1) is 24.3 Å². The molecule has 27 heavy (non-hydrogen) atoms. The van der Waals surface area contributed by atoms with Crippen LogP contribution in [0.5, 0.6) is 0 Å². The third-order valence-corrected chi connectivity index (χ3v) is 10.4. The first kappa shape index (κ1) is 21.8. The fourth-order valence-electron chi connectivity index (χ4n) is 2.76. The Hall–Kier alpha value is -1.53. The SMILES string of the molecule is CCOC(=O)C1(C)CC=C(c2nccc(CO[Si](C)(C)C(C)(C)C)n2)CC1. The van der Waals surface area contributed by atoms with Gasteiger partial charge in [0.15, 0.2) is 14.1 Å². The first-order valence-corrected chi connectivity index (χ1v) is 12.7. The minimum atomic E-state index is -1.81. The fraction of sp³-hybridized carbons (Fsp3) is 0.667. The molecular weight excluding hydrogens is 356 g/mol. The van der Waals surface area contributed by atoms with Crippen molar-refractivity contribution in [1.82, 2.24) is 9.97 Å². The highest BCUT2D eigenvalue weighted by Crippen LogP contribution is 2.39. The smallest absolute Gasteiger partial charge is 0.312 e. The lowest BCUT2D eigenvalue weighted by molar-refractivity contribution is -0.154. The van der Waals surface area contributed by atoms with E-state index in [2.05, 4.69) is 44.9 Å². The van der Waals surface area contributed by atoms with Crippen LogP contribution in [0.2, 0.25) is 18.1 Å². The predicted molar refractivity (Wildman–Crippen MR) is 111 cm³/mol. The number of hydrogen-bond acceptors (Lipinski definition) is 5. The van der Waals surface area contributed by atoms with Gasteiger partial charge in [-0.15, -0.1) is 0 Å². The van der Waals surface area contributed by atoms with Gasteiger partial charge in [0.25, 0.3) is 0 Å². The van der Waals surface area contributed by atoms with E-state index in [4.69, 9.17) is 14.1 Å². The minimum absolute atomic E-state index is 0.113. The van der Waals surface area contributed by atoms with E-state index < -0.39 is 13.7 Å². The summed E-state index contributed by atoms with van der Waals surface area (Å²) in [5.74, 6) is 0.634. The first-order valence-electron chi connectivity index (χ1n) is 9.81. The Morgan fingerprint density at radius 2 is 2.04 bits per heavy atom. The molecule has 2 rings (SSSR count). The van der Waals surface area contributed by atoms with E-state index in [1.165, 1.54) is 0 Å². The van der Waals surface area contributed by atoms with Crippen LogP contribution >= 0.6 is 0 Å². The van der Waals surface area contributed by atoms with Crippen molar-refractivity contribution in [3.05, 3.63) is 29.9 Å². The second kappa shape index (κ2) is 8.23. The number of nitrogens with zero attached hydrogens (tertiary/aromatic N) is 2. The molecule has 1 aromatic rings. The summed E-state index contributed by atoms with van der Waals surface area (Å²) in [4.78, 5) is 21.3. The molecule has 1 heterocycles. The van der Waals surface area contributed by atoms with Crippen molar-refractivity contribution in [3.8, 4) is 0 Å². The van der Waals surface area contributed by atoms with Crippen molar-refractivity contribution < 1.29 is 14.0 Å². The molecule has 6 heteroatoms. The van der Waals surface area contributed by atoms with Gasteiger partial charge in [-0.3, -0.25) is 4.79 Å². The topological polar surface area (TPSA) is 61.3 Å². The van der Waals surface area contributed by atoms with Crippen LogP contribution in [0.1, 0.15) is 65.4 Å². The van der Waals surface area contributed by atoms with E-state index >= 15 is 0 Å². The maximum Gasteiger partial charge on any atom is 0.312 e. The third kappa shape index (κ3) is 5.26. The average Bonchev–Trinajstić information content (AvgIpc) is 2.60. The summed E-state index contributed by atoms with van der Waals surface area (Å²) >= 11 is 0. The summed E-state index contributed by atoms with van der Waals surface area (Å²) in [7, 11) is -1.81. The maximum atomic E-state index is 12.2. The van der Waals surface area contributed by atoms with Gasteiger partial charge in [0.1, 0.15) is 0 Å². The number of rotatable bonds is 6. The van der Waals surface area contributed by atoms with Crippen molar-refractivity contribution in [3.63, 3.8) is 0 Å². The van der Waals surface area contributed by atoms with Crippen LogP contribution in [0.25, 0.3) is 5.57 Å². The summed E-state index contributed by atoms with van der Waals surface area (Å²) < 4.78 is 11.5. The van der Waals surface area contributed by atoms with Gasteiger partial charge in [-0.25, -0.2) is 9.97 Å². The molecule has 0 aromatic carbocycles. The van der Waals surface area contributed by atoms with Gasteiger partial charge in [-0.2, -0.15) is 0 Å². The number of allylic oxidation sites excluding steroid dienone is 2. The van der Waals surface area contributed by atoms with Gasteiger partial charge >= 0.3 is 5.97 Å². The molecular formula is C21H34N2O3Si. The summed E-state index contributed by atoms with van der Waals surface area (Å²) in [6.07, 6.45) is 6.09. The van der Waals surface area contributed by atoms with Gasteiger partial charge in [-0.1, -0.05) is 26.8 Å². The van der Waals surface area contributed by atoms with Crippen molar-refractivity contribution in [2.75, 3.05) is 6.61 Å². The van der Waals surface area contributed by atoms with Crippen LogP contribution in [0, 0.1) is 5.41 Å². The van der Waals surface area contributed by atoms with Crippen LogP contribution in [0.3, 0.4) is 0 Å². The summed E-state index contributed by atoms with van der Waals surface area (Å²) in [5.41, 5.74) is 1.57. The standard InChI is InChI=1S/C21H34N2O3Si/c1-8-25-19(24)21(5)12-9-16(10-13-21)18-22-14-11-17(23-18)15-26-27(6,7)20(2,3)4/h9,11,14H,8,10,12-13,15H2,1-7H3. The second-order valence-corrected chi connectivity index (χ2v) is 13.9. The summed E-state index contributed by atoms with van der Waals surface area (Å²) in [6.45, 7) is 15.9. The zero-order chi connectivity index (χ0) is 20.3. The van der Waals surface area contributed by atoms with Gasteiger partial charge in [-0.05, 0) is 62.9 Å². The van der Waals surface area contributed by atoms with E-state index in [1.54, 1.807) is 6.20 Å². The number of carbonyl (C=O) groups is 1. The number of ether oxygens (including phenoxy) is 1. The highest BCUT2D eigenvalue weighted by molar-refractivity contribution is 6.74. The number of aromatic nitrogens is 2. The molecule has 0 amide bonds. The van der Waals surface area contributed by atoms with Crippen molar-refractivity contribution in [2.45, 2.75) is 78.6 Å². The molecule has 5 nitrogen and oxygen atoms in total. The molecule has 0 saturated heterocycles. The van der Waals surface area contributed by atoms with Gasteiger partial charge < -0.3 is 9.16 Å². The second-order valence-electron chi connectivity index (χ2n) is 9.14. The molecule has 0 bridgehead atoms. The Morgan fingerprint density at radius 1 is 1.33 bits per heavy atom. The average molecular weight is 391 g/mol. The normalized spacial score (nSPS) is 20.9. The molecule has 0 spiro atoms. The molecule has 0 fully saturated rings. The summed E-state index contributed by atoms with van der Waals surface area (Å²) in [6, 6.07) is 1.92. The van der Waals surface area contributed by atoms with Crippen molar-refractivity contribution in [2.24, 2.45) is 5.41 Å². The first-order chi connectivity index (χ1) is 12.5. The van der Waals surface area contributed by atoms with Crippen LogP contribution in [-0.4, -0.2) is 30.9 Å². The molecule has 1 aromatic heterocycles. The van der Waals surface area contributed by atoms with Crippen LogP contribution in [-0.2, 0) is 20.6 Å². The molecule has 1 atom stereocenters. The lowest BCUT2D eigenvalue weighted by atomic mass is 9.76. The molecule has 0 saturated carbocycles. The Labute approximate surface area is 164 Å². The molecule has 1 aliphatic rings. The molecule has 1 unspecified atom stereocenters. The third-order valence-electron chi connectivity index (χ3n) is 5.90. The van der Waals surface area contributed by atoms with Crippen LogP contribution in [0.15, 0.2) is 18.3 Å². The molecule has 150 valence electrons. The highest BCUT2D eigenvalue weighted by atomic mass is 28.4. The van der Waals surface area contributed by atoms with Gasteiger partial charge in [0, 0.05) is 6.20 Å². The van der Waals surface area contributed by atoms with Crippen LogP contribution < -0.4 is 0 Å². The van der Waals surface area contributed by atoms with Crippen molar-refractivity contribution >= 4 is 19.9 Å². The highest BCUT2D eigenvalue weighted by Gasteiger charge is 2.38. The Kier molecular flexibility index (Phi) is 6.63. The molecule has 0 radical (unpaired) electrons. The Balaban J connectivity index is 2.08. The number of hydrogen-bond donors (Lipinski definition) is 0. The van der Waals surface area contributed by atoms with Crippen molar-refractivity contribution in [1.29, 1.82) is 0 Å². The largest absolute Gasteiger partial charge is 0.466 e. The minimum Gasteiger partial charge on any atom is -0.466 e. The lowest BCUT2D eigenvalue weighted by Crippen LogP contribution is -2.40. The predicted octanol–water partition coefficient (Wildman–Crippen LogP) is 5.14. The number of esters is 1. The zero-order valence-corrected chi connectivity index (χ0v) is 18.9. The van der Waals surface area contributed by atoms with Crippen LogP contribution in [0.4, 0.5) is 0 Å². The van der Waals surface area contributed by atoms with E-state index in [0.717, 1.165) is 29.9 Å². The van der Waals surface area contributed by atoms with E-state index in [-0.39, 0.29) is 11.0 Å². The Morgan fingerprint density at radius 3 is 2.59 bits per heavy atom. The van der Waals surface area contributed by atoms with Gasteiger partial charge in [0.2, 0.25) is 0 Å². The number of carbonyl (C=O) groups excluding carboxylic acids is 1. The zero-order valence-electron chi connectivity index (χ0n) is 17.9. The van der Waals surface area contributed by atoms with E-state index in [0.29, 0.717) is 19.6 Å². The quantitative estimate of drug-likeness (QED) is 0.497. The Bertz CT molecular complexity index is 710. The lowest BCUT2D eigenvalue weighted by Gasteiger charge is -2.36. The maximum absolute atomic E-state index is 12.2. The van der Waals surface area contributed by atoms with E-state index in [1.807, 2.05) is 19.9 Å². The monoisotopic (exact) mass is 390 g/mol. The fourth-order valence-corrected chi connectivity index (χ4v) is 3.70. The molecule has 1 aliphatic carbocycles. The molecule has 0 N–H and O–H groups in total. The van der Waals surface area contributed by atoms with E-state index in [9.17, 15) is 4.79 Å². The molecule has 0 aliphatic heterocycles.